The Balaban J connectivity index is 1.50. The summed E-state index contributed by atoms with van der Waals surface area (Å²) < 4.78 is 0. The highest BCUT2D eigenvalue weighted by Crippen LogP contribution is 2.55. The molecule has 4 rings (SSSR count). The largest absolute Gasteiger partial charge is 0.299 e. The van der Waals surface area contributed by atoms with E-state index in [0.717, 1.165) is 43.2 Å². The number of rotatable bonds is 3. The van der Waals surface area contributed by atoms with E-state index in [1.165, 1.54) is 19.4 Å². The normalized spacial score (nSPS) is 30.7. The first-order valence-electron chi connectivity index (χ1n) is 7.98. The first-order chi connectivity index (χ1) is 10.6. The van der Waals surface area contributed by atoms with Crippen molar-refractivity contribution in [3.63, 3.8) is 0 Å². The minimum absolute atomic E-state index is 0.408. The molecule has 2 atom stereocenters. The third kappa shape index (κ3) is 2.14. The van der Waals surface area contributed by atoms with E-state index >= 15 is 0 Å². The molecule has 0 spiro atoms. The van der Waals surface area contributed by atoms with E-state index in [9.17, 15) is 4.79 Å². The van der Waals surface area contributed by atoms with Crippen LogP contribution in [0, 0.1) is 5.92 Å². The molecule has 22 heavy (non-hydrogen) atoms. The molecule has 1 saturated heterocycles. The van der Waals surface area contributed by atoms with Gasteiger partial charge in [0.25, 0.3) is 5.91 Å². The molecule has 6 nitrogen and oxygen atoms in total. The summed E-state index contributed by atoms with van der Waals surface area (Å²) in [6.07, 6.45) is 5.14. The van der Waals surface area contributed by atoms with E-state index in [2.05, 4.69) is 21.8 Å². The Bertz CT molecular complexity index is 620. The zero-order valence-corrected chi connectivity index (χ0v) is 12.9. The molecular weight excluding hydrogens is 280 g/mol. The molecule has 0 aromatic carbocycles. The molecule has 1 aromatic heterocycles. The molecule has 1 aliphatic carbocycles. The van der Waals surface area contributed by atoms with Crippen molar-refractivity contribution in [1.82, 2.24) is 20.3 Å². The number of hydrogen-bond acceptors (Lipinski definition) is 5. The van der Waals surface area contributed by atoms with Gasteiger partial charge in [-0.3, -0.25) is 24.8 Å². The first kappa shape index (κ1) is 14.1. The number of nitrogens with zero attached hydrogens (tertiary/aromatic N) is 3. The standard InChI is InChI=1S/C16H22N4O2/c1-19-4-2-13-7-16(13,19)10-20-5-3-14-12(9-20)6-11(8-17-14)15(21)18-22/h6,8,13,22H,2-5,7,9-10H2,1H3,(H,18,21). The van der Waals surface area contributed by atoms with Crippen molar-refractivity contribution in [2.45, 2.75) is 31.3 Å². The van der Waals surface area contributed by atoms with E-state index in [4.69, 9.17) is 5.21 Å². The van der Waals surface area contributed by atoms with Crippen LogP contribution in [-0.2, 0) is 13.0 Å². The Hall–Kier alpha value is -1.50. The molecule has 1 aromatic rings. The number of carbonyl (C=O) groups excluding carboxylic acids is 1. The van der Waals surface area contributed by atoms with E-state index in [1.807, 2.05) is 6.07 Å². The zero-order valence-electron chi connectivity index (χ0n) is 12.9. The van der Waals surface area contributed by atoms with Crippen LogP contribution in [-0.4, -0.2) is 58.1 Å². The fraction of sp³-hybridized carbons (Fsp3) is 0.625. The van der Waals surface area contributed by atoms with Crippen molar-refractivity contribution >= 4 is 5.91 Å². The summed E-state index contributed by atoms with van der Waals surface area (Å²) >= 11 is 0. The van der Waals surface area contributed by atoms with Crippen molar-refractivity contribution in [1.29, 1.82) is 0 Å². The quantitative estimate of drug-likeness (QED) is 0.634. The monoisotopic (exact) mass is 302 g/mol. The van der Waals surface area contributed by atoms with Crippen LogP contribution in [0.2, 0.25) is 0 Å². The van der Waals surface area contributed by atoms with E-state index in [-0.39, 0.29) is 0 Å². The lowest BCUT2D eigenvalue weighted by Gasteiger charge is -2.34. The van der Waals surface area contributed by atoms with Crippen LogP contribution in [0.25, 0.3) is 0 Å². The molecule has 2 N–H and O–H groups in total. The van der Waals surface area contributed by atoms with Crippen molar-refractivity contribution in [3.05, 3.63) is 29.1 Å². The highest BCUT2D eigenvalue weighted by molar-refractivity contribution is 5.93. The molecule has 2 aliphatic heterocycles. The number of fused-ring (bicyclic) bond motifs is 2. The van der Waals surface area contributed by atoms with Gasteiger partial charge in [0, 0.05) is 43.5 Å². The number of piperidine rings is 1. The van der Waals surface area contributed by atoms with Crippen molar-refractivity contribution in [2.24, 2.45) is 5.92 Å². The SMILES string of the molecule is CN1CCC2CC21CN1CCc2ncc(C(=O)NO)cc2C1. The van der Waals surface area contributed by atoms with Crippen LogP contribution in [0.3, 0.4) is 0 Å². The van der Waals surface area contributed by atoms with Crippen LogP contribution in [0.1, 0.15) is 34.5 Å². The molecule has 1 saturated carbocycles. The number of pyridine rings is 1. The van der Waals surface area contributed by atoms with E-state index < -0.39 is 5.91 Å². The van der Waals surface area contributed by atoms with Gasteiger partial charge in [-0.25, -0.2) is 5.48 Å². The number of likely N-dealkylation sites (tertiary alicyclic amines) is 1. The molecule has 3 aliphatic rings. The third-order valence-corrected chi connectivity index (χ3v) is 5.75. The summed E-state index contributed by atoms with van der Waals surface area (Å²) in [7, 11) is 2.25. The average molecular weight is 302 g/mol. The van der Waals surface area contributed by atoms with Crippen molar-refractivity contribution in [3.8, 4) is 0 Å². The van der Waals surface area contributed by atoms with E-state index in [1.54, 1.807) is 11.7 Å². The van der Waals surface area contributed by atoms with E-state index in [0.29, 0.717) is 11.1 Å². The topological polar surface area (TPSA) is 68.7 Å². The number of nitrogens with one attached hydrogen (secondary N) is 1. The molecule has 6 heteroatoms. The van der Waals surface area contributed by atoms with Gasteiger partial charge in [-0.05, 0) is 44.0 Å². The summed E-state index contributed by atoms with van der Waals surface area (Å²) in [5, 5.41) is 8.76. The predicted molar refractivity (Wildman–Crippen MR) is 80.6 cm³/mol. The second-order valence-corrected chi connectivity index (χ2v) is 6.95. The van der Waals surface area contributed by atoms with Crippen LogP contribution in [0.4, 0.5) is 0 Å². The smallest absolute Gasteiger partial charge is 0.276 e. The molecule has 2 fully saturated rings. The van der Waals surface area contributed by atoms with Gasteiger partial charge in [0.15, 0.2) is 0 Å². The Kier molecular flexibility index (Phi) is 3.21. The molecule has 1 amide bonds. The summed E-state index contributed by atoms with van der Waals surface area (Å²) in [4.78, 5) is 20.9. The Morgan fingerprint density at radius 3 is 3.09 bits per heavy atom. The average Bonchev–Trinajstić information content (AvgIpc) is 3.17. The van der Waals surface area contributed by atoms with Gasteiger partial charge in [-0.15, -0.1) is 0 Å². The minimum Gasteiger partial charge on any atom is -0.299 e. The van der Waals surface area contributed by atoms with Gasteiger partial charge in [0.1, 0.15) is 0 Å². The van der Waals surface area contributed by atoms with Gasteiger partial charge >= 0.3 is 0 Å². The van der Waals surface area contributed by atoms with Crippen LogP contribution >= 0.6 is 0 Å². The number of amides is 1. The van der Waals surface area contributed by atoms with Gasteiger partial charge in [0.2, 0.25) is 0 Å². The van der Waals surface area contributed by atoms with Gasteiger partial charge in [-0.1, -0.05) is 0 Å². The highest BCUT2D eigenvalue weighted by Gasteiger charge is 2.60. The number of aromatic nitrogens is 1. The van der Waals surface area contributed by atoms with Crippen LogP contribution < -0.4 is 5.48 Å². The maximum Gasteiger partial charge on any atom is 0.276 e. The maximum absolute atomic E-state index is 11.5. The molecule has 0 radical (unpaired) electrons. The molecule has 118 valence electrons. The fourth-order valence-electron chi connectivity index (χ4n) is 4.29. The molecule has 3 heterocycles. The Morgan fingerprint density at radius 2 is 2.41 bits per heavy atom. The number of hydroxylamine groups is 1. The highest BCUT2D eigenvalue weighted by atomic mass is 16.5. The number of hydrogen-bond donors (Lipinski definition) is 2. The molecule has 2 unspecified atom stereocenters. The lowest BCUT2D eigenvalue weighted by Crippen LogP contribution is -2.44. The summed E-state index contributed by atoms with van der Waals surface area (Å²) in [6, 6.07) is 1.86. The predicted octanol–water partition coefficient (Wildman–Crippen LogP) is 0.653. The zero-order chi connectivity index (χ0) is 15.3. The summed E-state index contributed by atoms with van der Waals surface area (Å²) in [6.45, 7) is 4.21. The third-order valence-electron chi connectivity index (χ3n) is 5.75. The number of carbonyl (C=O) groups is 1. The van der Waals surface area contributed by atoms with Crippen molar-refractivity contribution < 1.29 is 10.0 Å². The Labute approximate surface area is 130 Å². The molecule has 0 bridgehead atoms. The van der Waals surface area contributed by atoms with Crippen LogP contribution in [0.15, 0.2) is 12.3 Å². The second-order valence-electron chi connectivity index (χ2n) is 6.95. The van der Waals surface area contributed by atoms with Gasteiger partial charge < -0.3 is 0 Å². The van der Waals surface area contributed by atoms with Gasteiger partial charge in [-0.2, -0.15) is 0 Å². The lowest BCUT2D eigenvalue weighted by molar-refractivity contribution is 0.0705. The van der Waals surface area contributed by atoms with Crippen molar-refractivity contribution in [2.75, 3.05) is 26.7 Å². The maximum atomic E-state index is 11.5. The summed E-state index contributed by atoms with van der Waals surface area (Å²) in [5.74, 6) is 0.382. The minimum atomic E-state index is -0.496. The lowest BCUT2D eigenvalue weighted by atomic mass is 10.0. The summed E-state index contributed by atoms with van der Waals surface area (Å²) in [5.41, 5.74) is 4.70. The fourth-order valence-corrected chi connectivity index (χ4v) is 4.29. The first-order valence-corrected chi connectivity index (χ1v) is 7.98. The van der Waals surface area contributed by atoms with Crippen LogP contribution in [0.5, 0.6) is 0 Å². The molecular formula is C16H22N4O2. The second kappa shape index (κ2) is 5.01. The van der Waals surface area contributed by atoms with Gasteiger partial charge in [0.05, 0.1) is 5.56 Å². The Morgan fingerprint density at radius 1 is 1.55 bits per heavy atom. The number of likely N-dealkylation sites (N-methyl/N-ethyl adjacent to an activating group) is 1.